The van der Waals surface area contributed by atoms with Crippen molar-refractivity contribution in [2.75, 3.05) is 0 Å². The number of hydrogen-bond acceptors (Lipinski definition) is 2. The molecule has 4 nitrogen and oxygen atoms in total. The summed E-state index contributed by atoms with van der Waals surface area (Å²) in [6.45, 7) is 10.3. The van der Waals surface area contributed by atoms with Crippen LogP contribution < -0.4 is 5.32 Å². The van der Waals surface area contributed by atoms with E-state index in [0.717, 1.165) is 5.56 Å². The lowest BCUT2D eigenvalue weighted by Gasteiger charge is -2.20. The Kier molecular flexibility index (Phi) is 6.15. The number of amides is 1. The molecule has 0 aromatic heterocycles. The molecule has 0 unspecified atom stereocenters. The molecule has 0 radical (unpaired) electrons. The number of carbonyl (C=O) groups is 2. The Labute approximate surface area is 132 Å². The van der Waals surface area contributed by atoms with E-state index in [2.05, 4.69) is 26.1 Å². The third-order valence-corrected chi connectivity index (χ3v) is 3.49. The van der Waals surface area contributed by atoms with Crippen LogP contribution >= 0.6 is 0 Å². The fourth-order valence-electron chi connectivity index (χ4n) is 2.20. The predicted octanol–water partition coefficient (Wildman–Crippen LogP) is 3.14. The first-order chi connectivity index (χ1) is 10.1. The van der Waals surface area contributed by atoms with Crippen molar-refractivity contribution in [2.45, 2.75) is 58.9 Å². The van der Waals surface area contributed by atoms with E-state index >= 15 is 0 Å². The molecule has 0 fully saturated rings. The molecular formula is C18H27NO3. The minimum Gasteiger partial charge on any atom is -0.480 e. The number of benzene rings is 1. The lowest BCUT2D eigenvalue weighted by atomic mass is 9.86. The highest BCUT2D eigenvalue weighted by molar-refractivity contribution is 5.83. The number of rotatable bonds is 6. The van der Waals surface area contributed by atoms with Crippen molar-refractivity contribution in [2.24, 2.45) is 5.92 Å². The highest BCUT2D eigenvalue weighted by Crippen LogP contribution is 2.22. The van der Waals surface area contributed by atoms with Crippen molar-refractivity contribution in [3.05, 3.63) is 35.4 Å². The molecular weight excluding hydrogens is 278 g/mol. The Morgan fingerprint density at radius 3 is 2.09 bits per heavy atom. The molecule has 1 amide bonds. The minimum atomic E-state index is -1.00. The van der Waals surface area contributed by atoms with E-state index in [9.17, 15) is 14.7 Å². The monoisotopic (exact) mass is 305 g/mol. The normalized spacial score (nSPS) is 13.0. The van der Waals surface area contributed by atoms with Gasteiger partial charge in [0.05, 0.1) is 0 Å². The van der Waals surface area contributed by atoms with Crippen LogP contribution in [0.2, 0.25) is 0 Å². The Morgan fingerprint density at radius 2 is 1.68 bits per heavy atom. The fourth-order valence-corrected chi connectivity index (χ4v) is 2.20. The number of carbonyl (C=O) groups excluding carboxylic acids is 1. The summed E-state index contributed by atoms with van der Waals surface area (Å²) in [5.74, 6) is -1.01. The summed E-state index contributed by atoms with van der Waals surface area (Å²) in [6.07, 6.45) is 0.635. The molecule has 0 spiro atoms. The summed E-state index contributed by atoms with van der Waals surface area (Å²) in [5.41, 5.74) is 2.17. The molecule has 0 saturated carbocycles. The van der Waals surface area contributed by atoms with Crippen LogP contribution in [0.25, 0.3) is 0 Å². The maximum absolute atomic E-state index is 11.8. The second-order valence-corrected chi connectivity index (χ2v) is 7.21. The van der Waals surface area contributed by atoms with Gasteiger partial charge in [-0.1, -0.05) is 58.9 Å². The van der Waals surface area contributed by atoms with Crippen LogP contribution in [0.5, 0.6) is 0 Å². The lowest BCUT2D eigenvalue weighted by molar-refractivity contribution is -0.141. The molecule has 0 bridgehead atoms. The van der Waals surface area contributed by atoms with Crippen molar-refractivity contribution >= 4 is 11.9 Å². The average molecular weight is 305 g/mol. The summed E-state index contributed by atoms with van der Waals surface area (Å²) in [5, 5.41) is 11.9. The molecule has 1 atom stereocenters. The Balaban J connectivity index is 2.75. The lowest BCUT2D eigenvalue weighted by Crippen LogP contribution is -2.42. The molecule has 0 aliphatic heterocycles. The van der Waals surface area contributed by atoms with Crippen molar-refractivity contribution in [1.82, 2.24) is 5.32 Å². The molecule has 0 heterocycles. The fraction of sp³-hybridized carbons (Fsp3) is 0.556. The molecule has 0 aliphatic carbocycles. The van der Waals surface area contributed by atoms with Gasteiger partial charge < -0.3 is 10.4 Å². The smallest absolute Gasteiger partial charge is 0.326 e. The van der Waals surface area contributed by atoms with Crippen molar-refractivity contribution in [3.63, 3.8) is 0 Å². The largest absolute Gasteiger partial charge is 0.480 e. The predicted molar refractivity (Wildman–Crippen MR) is 87.9 cm³/mol. The van der Waals surface area contributed by atoms with E-state index in [1.54, 1.807) is 0 Å². The number of nitrogens with one attached hydrogen (secondary N) is 1. The second-order valence-electron chi connectivity index (χ2n) is 7.21. The first kappa shape index (κ1) is 18.2. The number of aliphatic carboxylic acids is 1. The quantitative estimate of drug-likeness (QED) is 0.848. The van der Waals surface area contributed by atoms with Crippen LogP contribution in [0.3, 0.4) is 0 Å². The molecule has 122 valence electrons. The summed E-state index contributed by atoms with van der Waals surface area (Å²) < 4.78 is 0. The first-order valence-corrected chi connectivity index (χ1v) is 7.71. The van der Waals surface area contributed by atoms with E-state index in [-0.39, 0.29) is 17.2 Å². The van der Waals surface area contributed by atoms with Gasteiger partial charge in [0.25, 0.3) is 0 Å². The van der Waals surface area contributed by atoms with Gasteiger partial charge in [-0.25, -0.2) is 4.79 Å². The summed E-state index contributed by atoms with van der Waals surface area (Å²) >= 11 is 0. The highest BCUT2D eigenvalue weighted by atomic mass is 16.4. The van der Waals surface area contributed by atoms with E-state index in [4.69, 9.17) is 0 Å². The van der Waals surface area contributed by atoms with Gasteiger partial charge in [-0.15, -0.1) is 0 Å². The standard InChI is InChI=1S/C18H27NO3/c1-12(2)10-16(20)19-15(17(21)22)11-13-6-8-14(9-7-13)18(3,4)5/h6-9,12,15H,10-11H2,1-5H3,(H,19,20)(H,21,22)/t15-/m1/s1. The van der Waals surface area contributed by atoms with Gasteiger partial charge in [-0.05, 0) is 22.5 Å². The van der Waals surface area contributed by atoms with Crippen LogP contribution in [0.1, 0.15) is 52.2 Å². The highest BCUT2D eigenvalue weighted by Gasteiger charge is 2.21. The molecule has 1 rings (SSSR count). The van der Waals surface area contributed by atoms with Gasteiger partial charge in [0.15, 0.2) is 0 Å². The Hall–Kier alpha value is -1.84. The van der Waals surface area contributed by atoms with Gasteiger partial charge in [-0.3, -0.25) is 4.79 Å². The number of carboxylic acid groups (broad SMARTS) is 1. The van der Waals surface area contributed by atoms with Gasteiger partial charge in [0.2, 0.25) is 5.91 Å². The Bertz CT molecular complexity index is 512. The SMILES string of the molecule is CC(C)CC(=O)N[C@H](Cc1ccc(C(C)(C)C)cc1)C(=O)O. The van der Waals surface area contributed by atoms with E-state index < -0.39 is 12.0 Å². The summed E-state index contributed by atoms with van der Waals surface area (Å²) in [6, 6.07) is 7.02. The molecule has 0 saturated heterocycles. The number of hydrogen-bond donors (Lipinski definition) is 2. The van der Waals surface area contributed by atoms with E-state index in [0.29, 0.717) is 12.8 Å². The summed E-state index contributed by atoms with van der Waals surface area (Å²) in [4.78, 5) is 23.1. The first-order valence-electron chi connectivity index (χ1n) is 7.71. The summed E-state index contributed by atoms with van der Waals surface area (Å²) in [7, 11) is 0. The van der Waals surface area contributed by atoms with Crippen molar-refractivity contribution < 1.29 is 14.7 Å². The maximum Gasteiger partial charge on any atom is 0.326 e. The maximum atomic E-state index is 11.8. The molecule has 1 aromatic carbocycles. The second kappa shape index (κ2) is 7.43. The van der Waals surface area contributed by atoms with Gasteiger partial charge in [-0.2, -0.15) is 0 Å². The van der Waals surface area contributed by atoms with Gasteiger partial charge in [0.1, 0.15) is 6.04 Å². The van der Waals surface area contributed by atoms with E-state index in [1.807, 2.05) is 38.1 Å². The third-order valence-electron chi connectivity index (χ3n) is 3.49. The van der Waals surface area contributed by atoms with Crippen molar-refractivity contribution in [3.8, 4) is 0 Å². The molecule has 1 aromatic rings. The van der Waals surface area contributed by atoms with Gasteiger partial charge in [0, 0.05) is 12.8 Å². The zero-order valence-electron chi connectivity index (χ0n) is 14.1. The zero-order valence-corrected chi connectivity index (χ0v) is 14.1. The third kappa shape index (κ3) is 5.88. The number of carboxylic acids is 1. The molecule has 0 aliphatic rings. The van der Waals surface area contributed by atoms with Gasteiger partial charge >= 0.3 is 5.97 Å². The zero-order chi connectivity index (χ0) is 16.9. The molecule has 4 heteroatoms. The molecule has 2 N–H and O–H groups in total. The molecule has 22 heavy (non-hydrogen) atoms. The topological polar surface area (TPSA) is 66.4 Å². The Morgan fingerprint density at radius 1 is 1.14 bits per heavy atom. The van der Waals surface area contributed by atoms with Crippen LogP contribution in [-0.2, 0) is 21.4 Å². The average Bonchev–Trinajstić information content (AvgIpc) is 2.36. The minimum absolute atomic E-state index is 0.0657. The van der Waals surface area contributed by atoms with Crippen LogP contribution in [0, 0.1) is 5.92 Å². The van der Waals surface area contributed by atoms with Crippen LogP contribution in [-0.4, -0.2) is 23.0 Å². The van der Waals surface area contributed by atoms with E-state index in [1.165, 1.54) is 5.56 Å². The van der Waals surface area contributed by atoms with Crippen molar-refractivity contribution in [1.29, 1.82) is 0 Å². The van der Waals surface area contributed by atoms with Crippen LogP contribution in [0.4, 0.5) is 0 Å². The van der Waals surface area contributed by atoms with Crippen LogP contribution in [0.15, 0.2) is 24.3 Å².